The van der Waals surface area contributed by atoms with E-state index in [9.17, 15) is 0 Å². The summed E-state index contributed by atoms with van der Waals surface area (Å²) in [6.07, 6.45) is 2.56. The highest BCUT2D eigenvalue weighted by molar-refractivity contribution is 5.51. The molecule has 3 nitrogen and oxygen atoms in total. The number of likely N-dealkylation sites (tertiary alicyclic amines) is 1. The minimum absolute atomic E-state index is 0.687. The molecule has 0 atom stereocenters. The van der Waals surface area contributed by atoms with E-state index in [4.69, 9.17) is 0 Å². The van der Waals surface area contributed by atoms with Crippen LogP contribution in [0.4, 0.5) is 5.69 Å². The second-order valence-corrected chi connectivity index (χ2v) is 6.17. The van der Waals surface area contributed by atoms with E-state index in [1.807, 2.05) is 0 Å². The van der Waals surface area contributed by atoms with Crippen molar-refractivity contribution in [3.8, 4) is 0 Å². The van der Waals surface area contributed by atoms with Gasteiger partial charge in [0.15, 0.2) is 0 Å². The second kappa shape index (κ2) is 7.81. The van der Waals surface area contributed by atoms with Gasteiger partial charge in [0.1, 0.15) is 0 Å². The number of hydrogen-bond acceptors (Lipinski definition) is 3. The Morgan fingerprint density at radius 3 is 2.52 bits per heavy atom. The lowest BCUT2D eigenvalue weighted by molar-refractivity contribution is 0.221. The normalized spacial score (nSPS) is 17.1. The van der Waals surface area contributed by atoms with E-state index < -0.39 is 0 Å². The molecule has 118 valence electrons. The third-order valence-electron chi connectivity index (χ3n) is 4.85. The molecule has 2 rings (SSSR count). The van der Waals surface area contributed by atoms with Crippen molar-refractivity contribution in [3.63, 3.8) is 0 Å². The van der Waals surface area contributed by atoms with Crippen LogP contribution in [0.2, 0.25) is 0 Å². The van der Waals surface area contributed by atoms with Gasteiger partial charge in [-0.15, -0.1) is 0 Å². The van der Waals surface area contributed by atoms with Crippen LogP contribution in [0.5, 0.6) is 0 Å². The lowest BCUT2D eigenvalue weighted by Crippen LogP contribution is -2.43. The van der Waals surface area contributed by atoms with Crippen LogP contribution < -0.4 is 10.2 Å². The Kier molecular flexibility index (Phi) is 6.07. The highest BCUT2D eigenvalue weighted by Gasteiger charge is 2.21. The first kappa shape index (κ1) is 16.3. The largest absolute Gasteiger partial charge is 0.372 e. The van der Waals surface area contributed by atoms with Crippen molar-refractivity contribution < 1.29 is 0 Å². The van der Waals surface area contributed by atoms with Crippen LogP contribution in [0, 0.1) is 6.92 Å². The van der Waals surface area contributed by atoms with Crippen molar-refractivity contribution in [3.05, 3.63) is 29.3 Å². The number of rotatable bonds is 6. The van der Waals surface area contributed by atoms with Gasteiger partial charge >= 0.3 is 0 Å². The Hall–Kier alpha value is -1.06. The average molecular weight is 289 g/mol. The molecule has 1 saturated heterocycles. The van der Waals surface area contributed by atoms with Crippen LogP contribution >= 0.6 is 0 Å². The zero-order valence-electron chi connectivity index (χ0n) is 14.2. The molecule has 1 heterocycles. The van der Waals surface area contributed by atoms with Gasteiger partial charge in [0.25, 0.3) is 0 Å². The second-order valence-electron chi connectivity index (χ2n) is 6.17. The van der Waals surface area contributed by atoms with Crippen molar-refractivity contribution in [2.75, 3.05) is 38.1 Å². The van der Waals surface area contributed by atoms with Crippen LogP contribution in [0.3, 0.4) is 0 Å². The summed E-state index contributed by atoms with van der Waals surface area (Å²) < 4.78 is 0. The number of nitrogens with one attached hydrogen (secondary N) is 1. The fourth-order valence-electron chi connectivity index (χ4n) is 3.19. The third kappa shape index (κ3) is 4.21. The maximum atomic E-state index is 3.41. The number of nitrogens with zero attached hydrogens (tertiary/aromatic N) is 2. The minimum Gasteiger partial charge on any atom is -0.372 e. The molecule has 1 N–H and O–H groups in total. The predicted molar refractivity (Wildman–Crippen MR) is 92.1 cm³/mol. The number of benzene rings is 1. The summed E-state index contributed by atoms with van der Waals surface area (Å²) in [5.41, 5.74) is 4.17. The summed E-state index contributed by atoms with van der Waals surface area (Å²) in [5, 5.41) is 3.41. The van der Waals surface area contributed by atoms with E-state index in [2.05, 4.69) is 61.1 Å². The van der Waals surface area contributed by atoms with Crippen molar-refractivity contribution in [1.29, 1.82) is 0 Å². The monoisotopic (exact) mass is 289 g/mol. The molecule has 3 heteroatoms. The van der Waals surface area contributed by atoms with Gasteiger partial charge in [-0.05, 0) is 56.1 Å². The fourth-order valence-corrected chi connectivity index (χ4v) is 3.19. The topological polar surface area (TPSA) is 18.5 Å². The maximum Gasteiger partial charge on any atom is 0.0368 e. The molecule has 0 amide bonds. The van der Waals surface area contributed by atoms with Gasteiger partial charge in [-0.2, -0.15) is 0 Å². The SMILES string of the molecule is CCNCc1ccc(N(C)C2CCN(CC)CC2)cc1C. The van der Waals surface area contributed by atoms with Gasteiger partial charge < -0.3 is 15.1 Å². The van der Waals surface area contributed by atoms with Gasteiger partial charge in [0.2, 0.25) is 0 Å². The number of anilines is 1. The van der Waals surface area contributed by atoms with Crippen LogP contribution in [-0.2, 0) is 6.54 Å². The summed E-state index contributed by atoms with van der Waals surface area (Å²) >= 11 is 0. The summed E-state index contributed by atoms with van der Waals surface area (Å²) in [6, 6.07) is 7.60. The van der Waals surface area contributed by atoms with E-state index in [-0.39, 0.29) is 0 Å². The molecule has 0 spiro atoms. The molecule has 0 saturated carbocycles. The van der Waals surface area contributed by atoms with E-state index >= 15 is 0 Å². The van der Waals surface area contributed by atoms with Crippen molar-refractivity contribution in [2.45, 2.75) is 46.2 Å². The highest BCUT2D eigenvalue weighted by Crippen LogP contribution is 2.24. The molecule has 0 radical (unpaired) electrons. The van der Waals surface area contributed by atoms with Crippen LogP contribution in [0.25, 0.3) is 0 Å². The number of piperidine rings is 1. The van der Waals surface area contributed by atoms with Gasteiger partial charge in [-0.3, -0.25) is 0 Å². The lowest BCUT2D eigenvalue weighted by atomic mass is 10.0. The van der Waals surface area contributed by atoms with Crippen molar-refractivity contribution in [2.24, 2.45) is 0 Å². The van der Waals surface area contributed by atoms with Crippen molar-refractivity contribution in [1.82, 2.24) is 10.2 Å². The third-order valence-corrected chi connectivity index (χ3v) is 4.85. The summed E-state index contributed by atoms with van der Waals surface area (Å²) in [6.45, 7) is 12.3. The quantitative estimate of drug-likeness (QED) is 0.868. The van der Waals surface area contributed by atoms with E-state index in [0.717, 1.165) is 13.1 Å². The van der Waals surface area contributed by atoms with Gasteiger partial charge in [-0.25, -0.2) is 0 Å². The molecule has 0 bridgehead atoms. The Bertz CT molecular complexity index is 436. The molecule has 1 fully saturated rings. The highest BCUT2D eigenvalue weighted by atomic mass is 15.2. The molecule has 21 heavy (non-hydrogen) atoms. The van der Waals surface area contributed by atoms with Crippen LogP contribution in [0.1, 0.15) is 37.8 Å². The molecule has 1 aliphatic heterocycles. The maximum absolute atomic E-state index is 3.41. The molecule has 1 aromatic rings. The summed E-state index contributed by atoms with van der Waals surface area (Å²) in [4.78, 5) is 5.03. The predicted octanol–water partition coefficient (Wildman–Crippen LogP) is 3.03. The Balaban J connectivity index is 1.99. The summed E-state index contributed by atoms with van der Waals surface area (Å²) in [7, 11) is 2.25. The first-order chi connectivity index (χ1) is 10.2. The molecule has 1 aromatic carbocycles. The zero-order valence-corrected chi connectivity index (χ0v) is 14.2. The van der Waals surface area contributed by atoms with E-state index in [1.165, 1.54) is 49.3 Å². The molecule has 0 aromatic heterocycles. The summed E-state index contributed by atoms with van der Waals surface area (Å²) in [5.74, 6) is 0. The van der Waals surface area contributed by atoms with Crippen LogP contribution in [0.15, 0.2) is 18.2 Å². The molecular formula is C18H31N3. The Morgan fingerprint density at radius 2 is 1.95 bits per heavy atom. The first-order valence-electron chi connectivity index (χ1n) is 8.41. The van der Waals surface area contributed by atoms with Crippen LogP contribution in [-0.4, -0.2) is 44.2 Å². The van der Waals surface area contributed by atoms with Gasteiger partial charge in [-0.1, -0.05) is 19.9 Å². The average Bonchev–Trinajstić information content (AvgIpc) is 2.53. The first-order valence-corrected chi connectivity index (χ1v) is 8.41. The minimum atomic E-state index is 0.687. The fraction of sp³-hybridized carbons (Fsp3) is 0.667. The smallest absolute Gasteiger partial charge is 0.0368 e. The van der Waals surface area contributed by atoms with Crippen molar-refractivity contribution >= 4 is 5.69 Å². The zero-order chi connectivity index (χ0) is 15.2. The Labute approximate surface area is 130 Å². The van der Waals surface area contributed by atoms with E-state index in [1.54, 1.807) is 0 Å². The van der Waals surface area contributed by atoms with E-state index in [0.29, 0.717) is 6.04 Å². The molecule has 0 unspecified atom stereocenters. The molecule has 0 aliphatic carbocycles. The molecular weight excluding hydrogens is 258 g/mol. The van der Waals surface area contributed by atoms with Gasteiger partial charge in [0.05, 0.1) is 0 Å². The standard InChI is InChI=1S/C18H31N3/c1-5-19-14-16-7-8-18(13-15(16)3)20(4)17-9-11-21(6-2)12-10-17/h7-8,13,17,19H,5-6,9-12,14H2,1-4H3. The molecule has 1 aliphatic rings. The number of hydrogen-bond donors (Lipinski definition) is 1. The lowest BCUT2D eigenvalue weighted by Gasteiger charge is -2.37. The number of aryl methyl sites for hydroxylation is 1. The van der Waals surface area contributed by atoms with Gasteiger partial charge in [0, 0.05) is 38.4 Å². The Morgan fingerprint density at radius 1 is 1.24 bits per heavy atom.